The Labute approximate surface area is 175 Å². The smallest absolute Gasteiger partial charge is 0.422 e. The largest absolute Gasteiger partial charge is 0.468 e. The van der Waals surface area contributed by atoms with Crippen molar-refractivity contribution in [2.24, 2.45) is 0 Å². The summed E-state index contributed by atoms with van der Waals surface area (Å²) < 4.78 is 110. The van der Waals surface area contributed by atoms with Gasteiger partial charge in [-0.05, 0) is 12.1 Å². The number of carbonyl (C=O) groups excluding carboxylic acids is 1. The number of hydrogen-bond acceptors (Lipinski definition) is 5. The van der Waals surface area contributed by atoms with Gasteiger partial charge in [0.2, 0.25) is 17.7 Å². The summed E-state index contributed by atoms with van der Waals surface area (Å²) in [5.74, 6) is -5.01. The first-order valence-electron chi connectivity index (χ1n) is 7.72. The Morgan fingerprint density at radius 3 is 1.74 bits per heavy atom. The van der Waals surface area contributed by atoms with Crippen LogP contribution in [0.15, 0.2) is 22.7 Å². The minimum absolute atomic E-state index is 0.0257. The molecule has 0 saturated heterocycles. The van der Waals surface area contributed by atoms with E-state index < -0.39 is 66.6 Å². The zero-order valence-corrected chi connectivity index (χ0v) is 16.3. The van der Waals surface area contributed by atoms with Crippen LogP contribution in [0.25, 0.3) is 0 Å². The van der Waals surface area contributed by atoms with Crippen LogP contribution in [0.2, 0.25) is 0 Å². The van der Waals surface area contributed by atoms with Crippen LogP contribution in [-0.2, 0) is 0 Å². The number of amides is 2. The van der Waals surface area contributed by atoms with Crippen molar-refractivity contribution in [3.05, 3.63) is 34.3 Å². The average molecular weight is 525 g/mol. The summed E-state index contributed by atoms with van der Waals surface area (Å²) in [5.41, 5.74) is -0.890. The molecule has 2 amide bonds. The summed E-state index contributed by atoms with van der Waals surface area (Å²) in [4.78, 5) is 18.7. The first-order chi connectivity index (χ1) is 14.2. The van der Waals surface area contributed by atoms with Crippen molar-refractivity contribution >= 4 is 33.6 Å². The Morgan fingerprint density at radius 1 is 0.871 bits per heavy atom. The summed E-state index contributed by atoms with van der Waals surface area (Å²) in [6, 6.07) is 0.803. The average Bonchev–Trinajstić information content (AvgIpc) is 2.60. The Hall–Kier alpha value is -2.91. The van der Waals surface area contributed by atoms with Crippen LogP contribution >= 0.6 is 15.9 Å². The van der Waals surface area contributed by atoms with Crippen LogP contribution in [-0.4, -0.2) is 41.6 Å². The summed E-state index contributed by atoms with van der Waals surface area (Å²) in [6.07, 6.45) is -9.61. The highest BCUT2D eigenvalue weighted by molar-refractivity contribution is 9.10. The molecule has 0 fully saturated rings. The summed E-state index contributed by atoms with van der Waals surface area (Å²) in [7, 11) is 0. The second kappa shape index (κ2) is 9.49. The lowest BCUT2D eigenvalue weighted by Gasteiger charge is -2.13. The van der Waals surface area contributed by atoms with Crippen molar-refractivity contribution in [1.82, 2.24) is 9.97 Å². The van der Waals surface area contributed by atoms with E-state index in [9.17, 15) is 39.9 Å². The third-order valence-corrected chi connectivity index (χ3v) is 3.38. The molecule has 0 aliphatic heterocycles. The highest BCUT2D eigenvalue weighted by Gasteiger charge is 2.30. The molecule has 1 aromatic heterocycles. The van der Waals surface area contributed by atoms with E-state index in [0.29, 0.717) is 6.07 Å². The number of hydrogen-bond donors (Lipinski definition) is 2. The number of halogens is 9. The maximum atomic E-state index is 13.8. The van der Waals surface area contributed by atoms with E-state index in [0.717, 1.165) is 12.1 Å². The molecule has 0 saturated carbocycles. The predicted octanol–water partition coefficient (Wildman–Crippen LogP) is 5.04. The highest BCUT2D eigenvalue weighted by Crippen LogP contribution is 2.25. The van der Waals surface area contributed by atoms with E-state index in [1.165, 1.54) is 0 Å². The van der Waals surface area contributed by atoms with Gasteiger partial charge in [-0.15, -0.1) is 0 Å². The van der Waals surface area contributed by atoms with E-state index in [2.05, 4.69) is 35.4 Å². The van der Waals surface area contributed by atoms with E-state index in [1.807, 2.05) is 0 Å². The zero-order valence-electron chi connectivity index (χ0n) is 14.7. The lowest BCUT2D eigenvalue weighted by Crippen LogP contribution is -2.24. The van der Waals surface area contributed by atoms with Gasteiger partial charge in [-0.1, -0.05) is 15.9 Å². The number of urea groups is 1. The monoisotopic (exact) mass is 524 g/mol. The molecule has 1 heterocycles. The molecule has 0 unspecified atom stereocenters. The number of alkyl halides is 6. The van der Waals surface area contributed by atoms with Gasteiger partial charge >= 0.3 is 18.4 Å². The molecule has 7 nitrogen and oxygen atoms in total. The minimum atomic E-state index is -4.81. The van der Waals surface area contributed by atoms with E-state index >= 15 is 0 Å². The molecule has 0 spiro atoms. The maximum Gasteiger partial charge on any atom is 0.422 e. The molecule has 31 heavy (non-hydrogen) atoms. The van der Waals surface area contributed by atoms with Crippen molar-refractivity contribution in [2.45, 2.75) is 12.4 Å². The van der Waals surface area contributed by atoms with Crippen molar-refractivity contribution in [3.63, 3.8) is 0 Å². The lowest BCUT2D eigenvalue weighted by molar-refractivity contribution is -0.154. The normalized spacial score (nSPS) is 11.8. The number of aromatic nitrogens is 2. The third-order valence-electron chi connectivity index (χ3n) is 2.92. The molecule has 2 aromatic rings. The molecule has 170 valence electrons. The number of carbonyl (C=O) groups is 1. The number of nitrogens with zero attached hydrogens (tertiary/aromatic N) is 2. The fourth-order valence-corrected chi connectivity index (χ4v) is 2.23. The number of benzene rings is 1. The summed E-state index contributed by atoms with van der Waals surface area (Å²) >= 11 is 2.82. The van der Waals surface area contributed by atoms with Crippen molar-refractivity contribution in [2.75, 3.05) is 23.8 Å². The molecule has 1 aromatic carbocycles. The minimum Gasteiger partial charge on any atom is -0.468 e. The predicted molar refractivity (Wildman–Crippen MR) is 91.8 cm³/mol. The Morgan fingerprint density at radius 2 is 1.32 bits per heavy atom. The second-order valence-corrected chi connectivity index (χ2v) is 6.41. The van der Waals surface area contributed by atoms with Crippen molar-refractivity contribution in [1.29, 1.82) is 0 Å². The van der Waals surface area contributed by atoms with Crippen LogP contribution in [0, 0.1) is 11.6 Å². The molecular weight excluding hydrogens is 516 g/mol. The van der Waals surface area contributed by atoms with Gasteiger partial charge in [0.15, 0.2) is 24.8 Å². The maximum absolute atomic E-state index is 13.8. The van der Waals surface area contributed by atoms with E-state index in [1.54, 1.807) is 10.6 Å². The summed E-state index contributed by atoms with van der Waals surface area (Å²) in [6.45, 7) is -3.71. The molecule has 0 atom stereocenters. The Bertz CT molecular complexity index is 896. The van der Waals surface area contributed by atoms with Crippen LogP contribution in [0.4, 0.5) is 51.6 Å². The molecule has 16 heteroatoms. The first-order valence-corrected chi connectivity index (χ1v) is 8.52. The zero-order chi connectivity index (χ0) is 23.4. The SMILES string of the molecule is O=C(Nc1nc(OCC(F)(F)F)cc(OCC(F)(F)F)n1)Nc1c(F)cc(Br)cc1F. The Kier molecular flexibility index (Phi) is 7.45. The van der Waals surface area contributed by atoms with Gasteiger partial charge in [0, 0.05) is 4.47 Å². The number of ether oxygens (including phenoxy) is 2. The standard InChI is InChI=1S/C15H9BrF8N4O3/c16-6-1-7(17)11(8(18)2-6)27-13(29)28-12-25-9(30-4-14(19,20)21)3-10(26-12)31-5-15(22,23)24/h1-3H,4-5H2,(H2,25,26,27,28,29). The fraction of sp³-hybridized carbons (Fsp3) is 0.267. The van der Waals surface area contributed by atoms with Crippen LogP contribution in [0.3, 0.4) is 0 Å². The molecule has 0 radical (unpaired) electrons. The van der Waals surface area contributed by atoms with Gasteiger partial charge in [0.05, 0.1) is 6.07 Å². The quantitative estimate of drug-likeness (QED) is 0.517. The third kappa shape index (κ3) is 8.39. The number of nitrogens with one attached hydrogen (secondary N) is 2. The van der Waals surface area contributed by atoms with Gasteiger partial charge in [-0.25, -0.2) is 13.6 Å². The van der Waals surface area contributed by atoms with Gasteiger partial charge in [0.1, 0.15) is 5.69 Å². The van der Waals surface area contributed by atoms with Crippen LogP contribution < -0.4 is 20.1 Å². The summed E-state index contributed by atoms with van der Waals surface area (Å²) in [5, 5.41) is 3.56. The van der Waals surface area contributed by atoms with Crippen LogP contribution in [0.1, 0.15) is 0 Å². The molecular formula is C15H9BrF8N4O3. The lowest BCUT2D eigenvalue weighted by atomic mass is 10.3. The highest BCUT2D eigenvalue weighted by atomic mass is 79.9. The molecule has 2 rings (SSSR count). The van der Waals surface area contributed by atoms with Crippen molar-refractivity contribution in [3.8, 4) is 11.8 Å². The molecule has 2 N–H and O–H groups in total. The molecule has 0 bridgehead atoms. The second-order valence-electron chi connectivity index (χ2n) is 5.50. The Balaban J connectivity index is 2.21. The van der Waals surface area contributed by atoms with Gasteiger partial charge in [0.25, 0.3) is 0 Å². The van der Waals surface area contributed by atoms with E-state index in [-0.39, 0.29) is 4.47 Å². The van der Waals surface area contributed by atoms with Crippen molar-refractivity contribution < 1.29 is 49.4 Å². The van der Waals surface area contributed by atoms with Crippen LogP contribution in [0.5, 0.6) is 11.8 Å². The number of anilines is 2. The first kappa shape index (κ1) is 24.4. The number of rotatable bonds is 6. The fourth-order valence-electron chi connectivity index (χ4n) is 1.83. The van der Waals surface area contributed by atoms with E-state index in [4.69, 9.17) is 0 Å². The van der Waals surface area contributed by atoms with Gasteiger partial charge in [-0.2, -0.15) is 36.3 Å². The molecule has 0 aliphatic rings. The van der Waals surface area contributed by atoms with Gasteiger partial charge in [-0.3, -0.25) is 5.32 Å². The van der Waals surface area contributed by atoms with Gasteiger partial charge < -0.3 is 14.8 Å². The topological polar surface area (TPSA) is 85.4 Å². The molecule has 0 aliphatic carbocycles.